The molecule has 0 aromatic heterocycles. The van der Waals surface area contributed by atoms with Crippen molar-refractivity contribution in [2.75, 3.05) is 0 Å². The van der Waals surface area contributed by atoms with E-state index < -0.39 is 12.4 Å². The predicted octanol–water partition coefficient (Wildman–Crippen LogP) is 1.46. The monoisotopic (exact) mass is 141 g/mol. The van der Waals surface area contributed by atoms with E-state index in [1.807, 2.05) is 0 Å². The Balaban J connectivity index is 3.07. The van der Waals surface area contributed by atoms with E-state index in [4.69, 9.17) is 5.11 Å². The molecular formula is C7H6FO2. The molecule has 3 heteroatoms. The normalized spacial score (nSPS) is 9.80. The summed E-state index contributed by atoms with van der Waals surface area (Å²) in [6.45, 7) is -0.591. The number of phenolic OH excluding ortho intramolecular Hbond substituents is 1. The van der Waals surface area contributed by atoms with Gasteiger partial charge in [0.05, 0.1) is 0 Å². The maximum Gasteiger partial charge on any atom is 0.132 e. The van der Waals surface area contributed by atoms with Gasteiger partial charge in [-0.25, -0.2) is 9.50 Å². The van der Waals surface area contributed by atoms with Gasteiger partial charge in [-0.2, -0.15) is 0 Å². The fourth-order valence-corrected chi connectivity index (χ4v) is 0.653. The molecule has 53 valence electrons. The van der Waals surface area contributed by atoms with Gasteiger partial charge >= 0.3 is 0 Å². The standard InChI is InChI=1S/C7H6FO2/c8-7-3-6(10)2-1-5(7)4-9/h1-3,10H,4H2. The topological polar surface area (TPSA) is 40.1 Å². The zero-order valence-electron chi connectivity index (χ0n) is 5.17. The Morgan fingerprint density at radius 3 is 2.70 bits per heavy atom. The van der Waals surface area contributed by atoms with E-state index in [0.29, 0.717) is 0 Å². The third kappa shape index (κ3) is 1.25. The van der Waals surface area contributed by atoms with Gasteiger partial charge in [0.2, 0.25) is 0 Å². The second kappa shape index (κ2) is 2.66. The van der Waals surface area contributed by atoms with Crippen LogP contribution >= 0.6 is 0 Å². The average Bonchev–Trinajstić information content (AvgIpc) is 1.88. The lowest BCUT2D eigenvalue weighted by molar-refractivity contribution is 0.174. The van der Waals surface area contributed by atoms with E-state index in [0.717, 1.165) is 6.07 Å². The molecule has 1 N–H and O–H groups in total. The molecule has 0 aliphatic carbocycles. The second-order valence-corrected chi connectivity index (χ2v) is 1.92. The third-order valence-electron chi connectivity index (χ3n) is 1.19. The average molecular weight is 141 g/mol. The summed E-state index contributed by atoms with van der Waals surface area (Å²) < 4.78 is 12.5. The Kier molecular flexibility index (Phi) is 1.87. The summed E-state index contributed by atoms with van der Waals surface area (Å²) in [5.74, 6) is -0.801. The number of hydrogen-bond donors (Lipinski definition) is 1. The van der Waals surface area contributed by atoms with Crippen LogP contribution in [-0.4, -0.2) is 5.11 Å². The first-order valence-electron chi connectivity index (χ1n) is 2.79. The van der Waals surface area contributed by atoms with Gasteiger partial charge < -0.3 is 5.11 Å². The molecule has 0 amide bonds. The zero-order chi connectivity index (χ0) is 7.56. The van der Waals surface area contributed by atoms with Crippen molar-refractivity contribution >= 4 is 0 Å². The van der Waals surface area contributed by atoms with Gasteiger partial charge in [0.15, 0.2) is 0 Å². The first kappa shape index (κ1) is 7.02. The van der Waals surface area contributed by atoms with Crippen LogP contribution in [0.3, 0.4) is 0 Å². The van der Waals surface area contributed by atoms with E-state index in [9.17, 15) is 9.50 Å². The zero-order valence-corrected chi connectivity index (χ0v) is 5.17. The molecule has 0 aliphatic rings. The molecule has 0 aliphatic heterocycles. The number of aromatic hydroxyl groups is 1. The molecule has 0 fully saturated rings. The van der Waals surface area contributed by atoms with Crippen molar-refractivity contribution in [1.82, 2.24) is 0 Å². The van der Waals surface area contributed by atoms with Crippen LogP contribution in [0.4, 0.5) is 4.39 Å². The van der Waals surface area contributed by atoms with Crippen molar-refractivity contribution in [1.29, 1.82) is 0 Å². The van der Waals surface area contributed by atoms with Crippen LogP contribution in [0, 0.1) is 5.82 Å². The fourth-order valence-electron chi connectivity index (χ4n) is 0.653. The molecule has 1 aromatic rings. The van der Waals surface area contributed by atoms with E-state index in [1.165, 1.54) is 12.1 Å². The van der Waals surface area contributed by atoms with Gasteiger partial charge in [-0.3, -0.25) is 0 Å². The largest absolute Gasteiger partial charge is 0.508 e. The molecule has 1 rings (SSSR count). The Morgan fingerprint density at radius 2 is 2.20 bits per heavy atom. The Bertz CT molecular complexity index is 235. The maximum absolute atomic E-state index is 12.5. The van der Waals surface area contributed by atoms with Gasteiger partial charge in [-0.1, -0.05) is 0 Å². The maximum atomic E-state index is 12.5. The lowest BCUT2D eigenvalue weighted by Crippen LogP contribution is -1.86. The van der Waals surface area contributed by atoms with E-state index in [1.54, 1.807) is 0 Å². The first-order valence-corrected chi connectivity index (χ1v) is 2.79. The van der Waals surface area contributed by atoms with Crippen molar-refractivity contribution in [2.45, 2.75) is 6.61 Å². The molecule has 0 atom stereocenters. The quantitative estimate of drug-likeness (QED) is 0.631. The summed E-state index contributed by atoms with van der Waals surface area (Å²) >= 11 is 0. The molecule has 10 heavy (non-hydrogen) atoms. The van der Waals surface area contributed by atoms with Crippen LogP contribution in [0.15, 0.2) is 18.2 Å². The summed E-state index contributed by atoms with van der Waals surface area (Å²) in [6.07, 6.45) is 0. The number of halogens is 1. The van der Waals surface area contributed by atoms with Crippen LogP contribution in [0.2, 0.25) is 0 Å². The van der Waals surface area contributed by atoms with Crippen LogP contribution < -0.4 is 0 Å². The highest BCUT2D eigenvalue weighted by molar-refractivity contribution is 5.26. The fraction of sp³-hybridized carbons (Fsp3) is 0.143. The second-order valence-electron chi connectivity index (χ2n) is 1.92. The third-order valence-corrected chi connectivity index (χ3v) is 1.19. The van der Waals surface area contributed by atoms with E-state index >= 15 is 0 Å². The Hall–Kier alpha value is -1.09. The van der Waals surface area contributed by atoms with E-state index in [2.05, 4.69) is 0 Å². The van der Waals surface area contributed by atoms with E-state index in [-0.39, 0.29) is 11.3 Å². The SMILES string of the molecule is [O]Cc1ccc(O)cc1F. The van der Waals surface area contributed by atoms with Gasteiger partial charge in [-0.15, -0.1) is 0 Å². The van der Waals surface area contributed by atoms with Crippen molar-refractivity contribution in [2.24, 2.45) is 0 Å². The van der Waals surface area contributed by atoms with Crippen molar-refractivity contribution in [3.63, 3.8) is 0 Å². The summed E-state index contributed by atoms with van der Waals surface area (Å²) in [7, 11) is 0. The Morgan fingerprint density at radius 1 is 1.50 bits per heavy atom. The molecule has 0 unspecified atom stereocenters. The van der Waals surface area contributed by atoms with Gasteiger partial charge in [-0.05, 0) is 12.1 Å². The summed E-state index contributed by atoms with van der Waals surface area (Å²) in [6, 6.07) is 3.49. The summed E-state index contributed by atoms with van der Waals surface area (Å²) in [5.41, 5.74) is 0.0813. The molecule has 0 heterocycles. The van der Waals surface area contributed by atoms with Crippen LogP contribution in [-0.2, 0) is 11.7 Å². The predicted molar refractivity (Wildman–Crippen MR) is 32.5 cm³/mol. The lowest BCUT2D eigenvalue weighted by atomic mass is 10.2. The molecule has 2 nitrogen and oxygen atoms in total. The smallest absolute Gasteiger partial charge is 0.132 e. The highest BCUT2D eigenvalue weighted by Crippen LogP contribution is 2.14. The number of rotatable bonds is 1. The number of benzene rings is 1. The molecule has 1 aromatic carbocycles. The van der Waals surface area contributed by atoms with Crippen molar-refractivity contribution in [3.05, 3.63) is 29.6 Å². The summed E-state index contributed by atoms with van der Waals surface area (Å²) in [4.78, 5) is 0. The van der Waals surface area contributed by atoms with Gasteiger partial charge in [0, 0.05) is 11.6 Å². The van der Waals surface area contributed by atoms with Crippen molar-refractivity contribution in [3.8, 4) is 5.75 Å². The van der Waals surface area contributed by atoms with Crippen LogP contribution in [0.1, 0.15) is 5.56 Å². The van der Waals surface area contributed by atoms with Gasteiger partial charge in [0.1, 0.15) is 18.2 Å². The van der Waals surface area contributed by atoms with Crippen molar-refractivity contribution < 1.29 is 14.6 Å². The summed E-state index contributed by atoms with van der Waals surface area (Å²) in [5, 5.41) is 18.8. The van der Waals surface area contributed by atoms with Gasteiger partial charge in [0.25, 0.3) is 0 Å². The molecule has 1 radical (unpaired) electrons. The molecule has 0 spiro atoms. The Labute approximate surface area is 57.6 Å². The molecule has 0 saturated carbocycles. The minimum absolute atomic E-state index is 0.0813. The van der Waals surface area contributed by atoms with Crippen LogP contribution in [0.5, 0.6) is 5.75 Å². The first-order chi connectivity index (χ1) is 4.74. The number of hydrogen-bond acceptors (Lipinski definition) is 1. The molecule has 0 saturated heterocycles. The highest BCUT2D eigenvalue weighted by atomic mass is 19.1. The highest BCUT2D eigenvalue weighted by Gasteiger charge is 2.00. The van der Waals surface area contributed by atoms with Crippen LogP contribution in [0.25, 0.3) is 0 Å². The minimum Gasteiger partial charge on any atom is -0.508 e. The number of phenols is 1. The minimum atomic E-state index is -0.644. The lowest BCUT2D eigenvalue weighted by Gasteiger charge is -1.96. The molecule has 0 bridgehead atoms. The molecular weight excluding hydrogens is 135 g/mol.